The Labute approximate surface area is 198 Å². The summed E-state index contributed by atoms with van der Waals surface area (Å²) in [5.74, 6) is 1.69. The number of rotatable bonds is 9. The lowest BCUT2D eigenvalue weighted by Gasteiger charge is -2.14. The molecule has 0 aliphatic carbocycles. The number of amides is 1. The maximum Gasteiger partial charge on any atom is 0.251 e. The molecule has 0 atom stereocenters. The van der Waals surface area contributed by atoms with E-state index in [0.29, 0.717) is 36.9 Å². The minimum absolute atomic E-state index is 0. The Balaban J connectivity index is 0.00000450. The number of nitrogens with one attached hydrogen (secondary N) is 3. The lowest BCUT2D eigenvalue weighted by Crippen LogP contribution is -2.41. The molecule has 0 radical (unpaired) electrons. The van der Waals surface area contributed by atoms with E-state index in [9.17, 15) is 9.18 Å². The van der Waals surface area contributed by atoms with Crippen LogP contribution in [0, 0.1) is 5.82 Å². The summed E-state index contributed by atoms with van der Waals surface area (Å²) < 4.78 is 18.5. The molecule has 1 amide bonds. The van der Waals surface area contributed by atoms with Gasteiger partial charge in [-0.3, -0.25) is 9.79 Å². The number of nitrogens with zero attached hydrogens (tertiary/aromatic N) is 1. The number of carbonyl (C=O) groups is 1. The molecular formula is C21H28FIN4O2S. The summed E-state index contributed by atoms with van der Waals surface area (Å²) in [5.41, 5.74) is 2.56. The number of thioether (sulfide) groups is 1. The molecule has 0 bridgehead atoms. The lowest BCUT2D eigenvalue weighted by atomic mass is 10.1. The van der Waals surface area contributed by atoms with Crippen molar-refractivity contribution in [3.05, 3.63) is 65.0 Å². The lowest BCUT2D eigenvalue weighted by molar-refractivity contribution is 0.0954. The summed E-state index contributed by atoms with van der Waals surface area (Å²) in [6.07, 6.45) is 1.99. The zero-order chi connectivity index (χ0) is 21.1. The standard InChI is InChI=1S/C21H27FN4O2S.HI/c1-23-21(26-13-16-4-7-18(22)12-17(16)14-29-3)25-11-10-24-20(27)15-5-8-19(28-2)9-6-15;/h4-9,12H,10-11,13-14H2,1-3H3,(H,24,27)(H2,23,25,26);1H. The molecular weight excluding hydrogens is 518 g/mol. The van der Waals surface area contributed by atoms with Crippen LogP contribution in [0.15, 0.2) is 47.5 Å². The largest absolute Gasteiger partial charge is 0.497 e. The van der Waals surface area contributed by atoms with Crippen molar-refractivity contribution in [2.75, 3.05) is 33.5 Å². The average Bonchev–Trinajstić information content (AvgIpc) is 2.74. The minimum atomic E-state index is -0.229. The number of halogens is 2. The van der Waals surface area contributed by atoms with Crippen LogP contribution in [0.4, 0.5) is 4.39 Å². The highest BCUT2D eigenvalue weighted by atomic mass is 127. The van der Waals surface area contributed by atoms with Gasteiger partial charge in [0.05, 0.1) is 7.11 Å². The molecule has 2 aromatic rings. The van der Waals surface area contributed by atoms with Crippen molar-refractivity contribution in [1.29, 1.82) is 0 Å². The Morgan fingerprint density at radius 1 is 1.07 bits per heavy atom. The van der Waals surface area contributed by atoms with E-state index in [4.69, 9.17) is 4.74 Å². The first-order valence-corrected chi connectivity index (χ1v) is 10.6. The summed E-state index contributed by atoms with van der Waals surface area (Å²) in [7, 11) is 3.26. The van der Waals surface area contributed by atoms with Crippen LogP contribution in [0.25, 0.3) is 0 Å². The third-order valence-corrected chi connectivity index (χ3v) is 4.79. The molecule has 30 heavy (non-hydrogen) atoms. The van der Waals surface area contributed by atoms with Crippen molar-refractivity contribution in [3.63, 3.8) is 0 Å². The van der Waals surface area contributed by atoms with Crippen molar-refractivity contribution in [2.45, 2.75) is 12.3 Å². The van der Waals surface area contributed by atoms with Crippen LogP contribution >= 0.6 is 35.7 Å². The van der Waals surface area contributed by atoms with Crippen LogP contribution in [-0.4, -0.2) is 45.4 Å². The zero-order valence-electron chi connectivity index (χ0n) is 17.3. The molecule has 0 aliphatic rings. The number of hydrogen-bond donors (Lipinski definition) is 3. The third kappa shape index (κ3) is 8.39. The molecule has 0 unspecified atom stereocenters. The minimum Gasteiger partial charge on any atom is -0.497 e. The monoisotopic (exact) mass is 546 g/mol. The van der Waals surface area contributed by atoms with Gasteiger partial charge in [0, 0.05) is 38.0 Å². The third-order valence-electron chi connectivity index (χ3n) is 4.19. The van der Waals surface area contributed by atoms with Gasteiger partial charge in [-0.05, 0) is 53.8 Å². The highest BCUT2D eigenvalue weighted by molar-refractivity contribution is 14.0. The Kier molecular flexibility index (Phi) is 12.2. The Bertz CT molecular complexity index is 834. The van der Waals surface area contributed by atoms with Crippen LogP contribution in [0.5, 0.6) is 5.75 Å². The van der Waals surface area contributed by atoms with Crippen molar-refractivity contribution in [3.8, 4) is 5.75 Å². The highest BCUT2D eigenvalue weighted by Crippen LogP contribution is 2.16. The van der Waals surface area contributed by atoms with Crippen LogP contribution in [-0.2, 0) is 12.3 Å². The maximum absolute atomic E-state index is 13.5. The SMILES string of the molecule is CN=C(NCCNC(=O)c1ccc(OC)cc1)NCc1ccc(F)cc1CSC.I. The van der Waals surface area contributed by atoms with Gasteiger partial charge in [0.25, 0.3) is 5.91 Å². The fourth-order valence-corrected chi connectivity index (χ4v) is 3.24. The van der Waals surface area contributed by atoms with Gasteiger partial charge in [0.15, 0.2) is 5.96 Å². The molecule has 9 heteroatoms. The second-order valence-corrected chi connectivity index (χ2v) is 7.05. The van der Waals surface area contributed by atoms with Gasteiger partial charge in [-0.1, -0.05) is 6.07 Å². The van der Waals surface area contributed by atoms with E-state index in [1.807, 2.05) is 6.26 Å². The van der Waals surface area contributed by atoms with E-state index in [1.54, 1.807) is 62.3 Å². The van der Waals surface area contributed by atoms with Gasteiger partial charge in [0.1, 0.15) is 11.6 Å². The van der Waals surface area contributed by atoms with Crippen LogP contribution in [0.3, 0.4) is 0 Å². The second-order valence-electron chi connectivity index (χ2n) is 6.18. The van der Waals surface area contributed by atoms with Gasteiger partial charge in [-0.25, -0.2) is 4.39 Å². The number of aliphatic imine (C=N–C) groups is 1. The topological polar surface area (TPSA) is 74.8 Å². The number of carbonyl (C=O) groups excluding carboxylic acids is 1. The first kappa shape index (κ1) is 26.0. The van der Waals surface area contributed by atoms with Gasteiger partial charge in [0.2, 0.25) is 0 Å². The summed E-state index contributed by atoms with van der Waals surface area (Å²) in [6.45, 7) is 1.50. The maximum atomic E-state index is 13.5. The van der Waals surface area contributed by atoms with Crippen molar-refractivity contribution in [1.82, 2.24) is 16.0 Å². The molecule has 0 fully saturated rings. The quantitative estimate of drug-likeness (QED) is 0.195. The van der Waals surface area contributed by atoms with Crippen molar-refractivity contribution >= 4 is 47.6 Å². The Hall–Kier alpha value is -2.01. The molecule has 164 valence electrons. The molecule has 0 saturated carbocycles. The first-order chi connectivity index (χ1) is 14.1. The van der Waals surface area contributed by atoms with Gasteiger partial charge >= 0.3 is 0 Å². The number of ether oxygens (including phenoxy) is 1. The molecule has 6 nitrogen and oxygen atoms in total. The second kappa shape index (κ2) is 14.1. The van der Waals surface area contributed by atoms with E-state index in [-0.39, 0.29) is 35.7 Å². The van der Waals surface area contributed by atoms with Gasteiger partial charge in [-0.2, -0.15) is 11.8 Å². The predicted octanol–water partition coefficient (Wildman–Crippen LogP) is 3.41. The molecule has 0 saturated heterocycles. The van der Waals surface area contributed by atoms with E-state index < -0.39 is 0 Å². The van der Waals surface area contributed by atoms with E-state index in [0.717, 1.165) is 16.9 Å². The molecule has 0 spiro atoms. The summed E-state index contributed by atoms with van der Waals surface area (Å²) in [5, 5.41) is 9.22. The Morgan fingerprint density at radius 3 is 2.40 bits per heavy atom. The number of hydrogen-bond acceptors (Lipinski definition) is 4. The number of methoxy groups -OCH3 is 1. The molecule has 0 heterocycles. The van der Waals surface area contributed by atoms with Crippen LogP contribution in [0.2, 0.25) is 0 Å². The van der Waals surface area contributed by atoms with Gasteiger partial charge < -0.3 is 20.7 Å². The molecule has 2 aromatic carbocycles. The van der Waals surface area contributed by atoms with Crippen molar-refractivity contribution < 1.29 is 13.9 Å². The molecule has 0 aliphatic heterocycles. The predicted molar refractivity (Wildman–Crippen MR) is 133 cm³/mol. The average molecular weight is 546 g/mol. The fourth-order valence-electron chi connectivity index (χ4n) is 2.66. The van der Waals surface area contributed by atoms with E-state index in [1.165, 1.54) is 6.07 Å². The number of benzene rings is 2. The molecule has 0 aromatic heterocycles. The molecule has 3 N–H and O–H groups in total. The van der Waals surface area contributed by atoms with Crippen LogP contribution in [0.1, 0.15) is 21.5 Å². The number of guanidine groups is 1. The normalized spacial score (nSPS) is 10.7. The molecule has 2 rings (SSSR count). The summed E-state index contributed by atoms with van der Waals surface area (Å²) >= 11 is 1.65. The van der Waals surface area contributed by atoms with E-state index >= 15 is 0 Å². The van der Waals surface area contributed by atoms with Crippen molar-refractivity contribution in [2.24, 2.45) is 4.99 Å². The summed E-state index contributed by atoms with van der Waals surface area (Å²) in [4.78, 5) is 16.3. The highest BCUT2D eigenvalue weighted by Gasteiger charge is 2.07. The Morgan fingerprint density at radius 2 is 1.77 bits per heavy atom. The fraction of sp³-hybridized carbons (Fsp3) is 0.333. The zero-order valence-corrected chi connectivity index (χ0v) is 20.5. The first-order valence-electron chi connectivity index (χ1n) is 9.20. The van der Waals surface area contributed by atoms with E-state index in [2.05, 4.69) is 20.9 Å². The smallest absolute Gasteiger partial charge is 0.251 e. The van der Waals surface area contributed by atoms with Gasteiger partial charge in [-0.15, -0.1) is 24.0 Å². The summed E-state index contributed by atoms with van der Waals surface area (Å²) in [6, 6.07) is 11.8. The van der Waals surface area contributed by atoms with Crippen LogP contribution < -0.4 is 20.7 Å².